The number of aryl methyl sites for hydroxylation is 1. The van der Waals surface area contributed by atoms with Gasteiger partial charge in [0.25, 0.3) is 0 Å². The monoisotopic (exact) mass is 235 g/mol. The first-order valence-corrected chi connectivity index (χ1v) is 7.23. The second-order valence-electron chi connectivity index (χ2n) is 4.78. The van der Waals surface area contributed by atoms with E-state index in [2.05, 4.69) is 25.1 Å². The summed E-state index contributed by atoms with van der Waals surface area (Å²) in [5.74, 6) is 2.00. The first-order chi connectivity index (χ1) is 7.79. The van der Waals surface area contributed by atoms with Gasteiger partial charge >= 0.3 is 0 Å². The van der Waals surface area contributed by atoms with Crippen molar-refractivity contribution in [2.24, 2.45) is 11.7 Å². The molecule has 1 aliphatic heterocycles. The van der Waals surface area contributed by atoms with Crippen LogP contribution in [0.4, 0.5) is 0 Å². The molecule has 2 N–H and O–H groups in total. The largest absolute Gasteiger partial charge is 0.330 e. The zero-order valence-electron chi connectivity index (χ0n) is 10.0. The van der Waals surface area contributed by atoms with E-state index in [-0.39, 0.29) is 0 Å². The number of hydrogen-bond donors (Lipinski definition) is 1. The molecule has 0 saturated carbocycles. The van der Waals surface area contributed by atoms with Gasteiger partial charge in [0.05, 0.1) is 0 Å². The van der Waals surface area contributed by atoms with Gasteiger partial charge in [-0.1, -0.05) is 19.1 Å². The Hall–Kier alpha value is -0.470. The molecule has 1 aromatic carbocycles. The summed E-state index contributed by atoms with van der Waals surface area (Å²) in [6.07, 6.45) is 4.90. The summed E-state index contributed by atoms with van der Waals surface area (Å²) < 4.78 is 0. The van der Waals surface area contributed by atoms with Crippen LogP contribution in [0.25, 0.3) is 0 Å². The van der Waals surface area contributed by atoms with Gasteiger partial charge in [-0.15, -0.1) is 11.8 Å². The lowest BCUT2D eigenvalue weighted by Crippen LogP contribution is -2.08. The van der Waals surface area contributed by atoms with Gasteiger partial charge in [0.1, 0.15) is 0 Å². The average Bonchev–Trinajstić information content (AvgIpc) is 2.29. The zero-order chi connectivity index (χ0) is 11.4. The maximum atomic E-state index is 5.59. The van der Waals surface area contributed by atoms with Gasteiger partial charge < -0.3 is 5.73 Å². The average molecular weight is 235 g/mol. The summed E-state index contributed by atoms with van der Waals surface area (Å²) in [5, 5.41) is 0. The fourth-order valence-electron chi connectivity index (χ4n) is 2.33. The molecule has 0 aromatic heterocycles. The molecule has 0 bridgehead atoms. The molecule has 2 rings (SSSR count). The minimum Gasteiger partial charge on any atom is -0.330 e. The number of thioether (sulfide) groups is 1. The summed E-state index contributed by atoms with van der Waals surface area (Å²) in [6.45, 7) is 3.10. The minimum absolute atomic E-state index is 0.708. The molecule has 1 nitrogen and oxygen atoms in total. The number of nitrogens with two attached hydrogens (primary N) is 1. The van der Waals surface area contributed by atoms with Crippen LogP contribution in [0, 0.1) is 5.92 Å². The Labute approximate surface area is 103 Å². The first kappa shape index (κ1) is 12.0. The molecule has 0 radical (unpaired) electrons. The topological polar surface area (TPSA) is 26.0 Å². The maximum absolute atomic E-state index is 5.59. The molecule has 88 valence electrons. The minimum atomic E-state index is 0.708. The predicted octanol–water partition coefficient (Wildman–Crippen LogP) is 3.25. The van der Waals surface area contributed by atoms with Crippen molar-refractivity contribution in [3.63, 3.8) is 0 Å². The molecule has 1 unspecified atom stereocenters. The lowest BCUT2D eigenvalue weighted by molar-refractivity contribution is 0.538. The van der Waals surface area contributed by atoms with E-state index in [0.717, 1.165) is 13.0 Å². The maximum Gasteiger partial charge on any atom is 0.0104 e. The highest BCUT2D eigenvalue weighted by Gasteiger charge is 2.11. The fraction of sp³-hybridized carbons (Fsp3) is 0.571. The molecule has 0 fully saturated rings. The van der Waals surface area contributed by atoms with E-state index < -0.39 is 0 Å². The van der Waals surface area contributed by atoms with E-state index >= 15 is 0 Å². The molecule has 0 aliphatic carbocycles. The van der Waals surface area contributed by atoms with E-state index in [1.807, 2.05) is 11.8 Å². The zero-order valence-corrected chi connectivity index (χ0v) is 10.9. The van der Waals surface area contributed by atoms with Crippen molar-refractivity contribution >= 4 is 11.8 Å². The molecule has 0 amide bonds. The van der Waals surface area contributed by atoms with Crippen molar-refractivity contribution in [3.05, 3.63) is 29.3 Å². The van der Waals surface area contributed by atoms with Crippen molar-refractivity contribution in [2.75, 3.05) is 12.3 Å². The van der Waals surface area contributed by atoms with Crippen molar-refractivity contribution in [1.82, 2.24) is 0 Å². The Balaban J connectivity index is 2.05. The van der Waals surface area contributed by atoms with Crippen molar-refractivity contribution in [2.45, 2.75) is 37.5 Å². The van der Waals surface area contributed by atoms with E-state index in [9.17, 15) is 0 Å². The smallest absolute Gasteiger partial charge is 0.0104 e. The second-order valence-corrected chi connectivity index (χ2v) is 5.92. The Morgan fingerprint density at radius 3 is 3.12 bits per heavy atom. The Bertz CT molecular complexity index is 349. The molecule has 0 spiro atoms. The third-order valence-corrected chi connectivity index (χ3v) is 4.42. The summed E-state index contributed by atoms with van der Waals surface area (Å²) >= 11 is 2.01. The van der Waals surface area contributed by atoms with Gasteiger partial charge in [-0.2, -0.15) is 0 Å². The van der Waals surface area contributed by atoms with Gasteiger partial charge in [-0.05, 0) is 61.1 Å². The highest BCUT2D eigenvalue weighted by Crippen LogP contribution is 2.31. The van der Waals surface area contributed by atoms with Gasteiger partial charge in [0.15, 0.2) is 0 Å². The molecule has 0 saturated heterocycles. The molecular formula is C14H21NS. The van der Waals surface area contributed by atoms with E-state index in [1.165, 1.54) is 35.5 Å². The lowest BCUT2D eigenvalue weighted by Gasteiger charge is -2.17. The lowest BCUT2D eigenvalue weighted by atomic mass is 9.96. The standard InChI is InChI=1S/C14H21NS/c1-11(6-7-15)9-12-4-5-14-13(10-12)3-2-8-16-14/h4-5,10-11H,2-3,6-9,15H2,1H3. The third-order valence-electron chi connectivity index (χ3n) is 3.22. The summed E-state index contributed by atoms with van der Waals surface area (Å²) in [7, 11) is 0. The number of benzene rings is 1. The number of hydrogen-bond acceptors (Lipinski definition) is 2. The van der Waals surface area contributed by atoms with E-state index in [1.54, 1.807) is 5.56 Å². The first-order valence-electron chi connectivity index (χ1n) is 6.24. The predicted molar refractivity (Wildman–Crippen MR) is 72.0 cm³/mol. The van der Waals surface area contributed by atoms with Crippen molar-refractivity contribution < 1.29 is 0 Å². The van der Waals surface area contributed by atoms with E-state index in [0.29, 0.717) is 5.92 Å². The number of fused-ring (bicyclic) bond motifs is 1. The molecule has 16 heavy (non-hydrogen) atoms. The molecule has 2 heteroatoms. The van der Waals surface area contributed by atoms with Crippen LogP contribution >= 0.6 is 11.8 Å². The number of rotatable bonds is 4. The van der Waals surface area contributed by atoms with Gasteiger partial charge in [-0.25, -0.2) is 0 Å². The molecule has 1 aliphatic rings. The highest BCUT2D eigenvalue weighted by atomic mass is 32.2. The molecule has 1 atom stereocenters. The Kier molecular flexibility index (Phi) is 4.30. The Morgan fingerprint density at radius 1 is 1.44 bits per heavy atom. The van der Waals surface area contributed by atoms with Crippen LogP contribution < -0.4 is 5.73 Å². The second kappa shape index (κ2) is 5.74. The highest BCUT2D eigenvalue weighted by molar-refractivity contribution is 7.99. The SMILES string of the molecule is CC(CCN)Cc1ccc2c(c1)CCCS2. The summed E-state index contributed by atoms with van der Waals surface area (Å²) in [6, 6.07) is 7.02. The quantitative estimate of drug-likeness (QED) is 0.867. The van der Waals surface area contributed by atoms with Gasteiger partial charge in [0.2, 0.25) is 0 Å². The van der Waals surface area contributed by atoms with Crippen LogP contribution in [0.5, 0.6) is 0 Å². The molecular weight excluding hydrogens is 214 g/mol. The van der Waals surface area contributed by atoms with Crippen LogP contribution in [-0.4, -0.2) is 12.3 Å². The van der Waals surface area contributed by atoms with E-state index in [4.69, 9.17) is 5.73 Å². The van der Waals surface area contributed by atoms with Crippen LogP contribution in [0.1, 0.15) is 30.9 Å². The molecule has 1 aromatic rings. The van der Waals surface area contributed by atoms with Crippen LogP contribution in [0.3, 0.4) is 0 Å². The fourth-order valence-corrected chi connectivity index (χ4v) is 3.35. The summed E-state index contributed by atoms with van der Waals surface area (Å²) in [4.78, 5) is 1.50. The normalized spacial score (nSPS) is 16.9. The van der Waals surface area contributed by atoms with Gasteiger partial charge in [-0.3, -0.25) is 0 Å². The third kappa shape index (κ3) is 3.02. The van der Waals surface area contributed by atoms with Gasteiger partial charge in [0, 0.05) is 4.90 Å². The van der Waals surface area contributed by atoms with Crippen LogP contribution in [0.2, 0.25) is 0 Å². The summed E-state index contributed by atoms with van der Waals surface area (Å²) in [5.41, 5.74) is 8.64. The van der Waals surface area contributed by atoms with Crippen molar-refractivity contribution in [1.29, 1.82) is 0 Å². The van der Waals surface area contributed by atoms with Crippen LogP contribution in [-0.2, 0) is 12.8 Å². The molecule has 1 heterocycles. The van der Waals surface area contributed by atoms with Crippen molar-refractivity contribution in [3.8, 4) is 0 Å². The van der Waals surface area contributed by atoms with Crippen LogP contribution in [0.15, 0.2) is 23.1 Å². The Morgan fingerprint density at radius 2 is 2.31 bits per heavy atom.